The molecule has 0 spiro atoms. The molecule has 0 radical (unpaired) electrons. The lowest BCUT2D eigenvalue weighted by atomic mass is 10.1. The number of benzene rings is 2. The smallest absolute Gasteiger partial charge is 0.161 e. The van der Waals surface area contributed by atoms with Gasteiger partial charge in [0.25, 0.3) is 0 Å². The van der Waals surface area contributed by atoms with Crippen LogP contribution in [0, 0.1) is 0 Å². The molecule has 0 amide bonds. The van der Waals surface area contributed by atoms with E-state index in [1.54, 1.807) is 21.3 Å². The fourth-order valence-corrected chi connectivity index (χ4v) is 2.52. The third-order valence-corrected chi connectivity index (χ3v) is 3.92. The summed E-state index contributed by atoms with van der Waals surface area (Å²) < 4.78 is 21.4. The van der Waals surface area contributed by atoms with Crippen LogP contribution in [0.5, 0.6) is 23.0 Å². The van der Waals surface area contributed by atoms with Crippen LogP contribution in [0.25, 0.3) is 0 Å². The normalized spacial score (nSPS) is 11.7. The van der Waals surface area contributed by atoms with Gasteiger partial charge in [-0.05, 0) is 42.8 Å². The molecule has 2 rings (SSSR count). The fourth-order valence-electron chi connectivity index (χ4n) is 2.52. The molecule has 0 aliphatic rings. The van der Waals surface area contributed by atoms with Gasteiger partial charge >= 0.3 is 0 Å². The number of aliphatic hydroxyl groups excluding tert-OH is 1. The largest absolute Gasteiger partial charge is 0.493 e. The lowest BCUT2D eigenvalue weighted by Gasteiger charge is -2.15. The summed E-state index contributed by atoms with van der Waals surface area (Å²) in [5, 5.41) is 13.3. The van der Waals surface area contributed by atoms with Gasteiger partial charge in [0, 0.05) is 6.54 Å². The van der Waals surface area contributed by atoms with Crippen molar-refractivity contribution in [3.05, 3.63) is 48.0 Å². The minimum Gasteiger partial charge on any atom is -0.493 e. The molecule has 2 N–H and O–H groups in total. The highest BCUT2D eigenvalue weighted by Crippen LogP contribution is 2.27. The van der Waals surface area contributed by atoms with Gasteiger partial charge in [0.2, 0.25) is 0 Å². The zero-order valence-electron chi connectivity index (χ0n) is 15.5. The Hall–Kier alpha value is -2.44. The van der Waals surface area contributed by atoms with Crippen LogP contribution in [0.15, 0.2) is 42.5 Å². The molecule has 2 aromatic rings. The summed E-state index contributed by atoms with van der Waals surface area (Å²) >= 11 is 0. The van der Waals surface area contributed by atoms with Crippen LogP contribution in [0.4, 0.5) is 0 Å². The quantitative estimate of drug-likeness (QED) is 0.599. The molecular weight excluding hydrogens is 334 g/mol. The van der Waals surface area contributed by atoms with Crippen LogP contribution in [0.3, 0.4) is 0 Å². The second kappa shape index (κ2) is 10.5. The molecule has 0 aliphatic carbocycles. The first-order valence-corrected chi connectivity index (χ1v) is 8.53. The summed E-state index contributed by atoms with van der Waals surface area (Å²) in [5.41, 5.74) is 1.13. The van der Waals surface area contributed by atoms with E-state index in [-0.39, 0.29) is 6.61 Å². The summed E-state index contributed by atoms with van der Waals surface area (Å²) in [7, 11) is 4.83. The summed E-state index contributed by atoms with van der Waals surface area (Å²) in [6.07, 6.45) is 0.214. The Morgan fingerprint density at radius 2 is 1.54 bits per heavy atom. The number of nitrogens with one attached hydrogen (secondary N) is 1. The third-order valence-electron chi connectivity index (χ3n) is 3.92. The minimum absolute atomic E-state index is 0.198. The molecule has 0 saturated carbocycles. The number of hydrogen-bond acceptors (Lipinski definition) is 6. The van der Waals surface area contributed by atoms with Crippen molar-refractivity contribution < 1.29 is 24.1 Å². The molecule has 0 aliphatic heterocycles. The molecular formula is C20H27NO5. The van der Waals surface area contributed by atoms with Crippen molar-refractivity contribution in [3.8, 4) is 23.0 Å². The standard InChI is InChI=1S/C20H27NO5/c1-23-17-6-4-5-7-19(17)26-14-16(22)13-21-11-10-15-8-9-18(24-2)20(12-15)25-3/h4-9,12,16,21-22H,10-11,13-14H2,1-3H3/t16-/m0/s1. The number of para-hydroxylation sites is 2. The third kappa shape index (κ3) is 5.82. The van der Waals surface area contributed by atoms with E-state index < -0.39 is 6.10 Å². The molecule has 6 nitrogen and oxygen atoms in total. The minimum atomic E-state index is -0.606. The van der Waals surface area contributed by atoms with Crippen molar-refractivity contribution in [2.75, 3.05) is 41.0 Å². The van der Waals surface area contributed by atoms with Gasteiger partial charge in [-0.25, -0.2) is 0 Å². The van der Waals surface area contributed by atoms with Crippen LogP contribution < -0.4 is 24.3 Å². The highest BCUT2D eigenvalue weighted by atomic mass is 16.5. The molecule has 26 heavy (non-hydrogen) atoms. The van der Waals surface area contributed by atoms with Gasteiger partial charge in [-0.2, -0.15) is 0 Å². The molecule has 0 aromatic heterocycles. The molecule has 0 unspecified atom stereocenters. The lowest BCUT2D eigenvalue weighted by molar-refractivity contribution is 0.105. The zero-order chi connectivity index (χ0) is 18.8. The molecule has 142 valence electrons. The van der Waals surface area contributed by atoms with Crippen LogP contribution in [-0.2, 0) is 6.42 Å². The number of rotatable bonds is 11. The average molecular weight is 361 g/mol. The summed E-state index contributed by atoms with van der Waals surface area (Å²) in [6.45, 7) is 1.38. The van der Waals surface area contributed by atoms with E-state index in [9.17, 15) is 5.11 Å². The SMILES string of the molecule is COc1ccc(CCNC[C@H](O)COc2ccccc2OC)cc1OC. The van der Waals surface area contributed by atoms with Gasteiger partial charge in [0.05, 0.1) is 21.3 Å². The summed E-state index contributed by atoms with van der Waals surface area (Å²) in [6, 6.07) is 13.2. The maximum absolute atomic E-state index is 10.1. The predicted octanol–water partition coefficient (Wildman–Crippen LogP) is 2.28. The van der Waals surface area contributed by atoms with Gasteiger partial charge in [0.15, 0.2) is 23.0 Å². The van der Waals surface area contributed by atoms with Crippen molar-refractivity contribution in [1.82, 2.24) is 5.32 Å². The Morgan fingerprint density at radius 1 is 0.885 bits per heavy atom. The first-order valence-electron chi connectivity index (χ1n) is 8.53. The Labute approximate surface area is 154 Å². The predicted molar refractivity (Wildman–Crippen MR) is 101 cm³/mol. The second-order valence-corrected chi connectivity index (χ2v) is 5.76. The molecule has 0 saturated heterocycles. The van der Waals surface area contributed by atoms with E-state index in [0.29, 0.717) is 23.8 Å². The Morgan fingerprint density at radius 3 is 2.23 bits per heavy atom. The monoisotopic (exact) mass is 361 g/mol. The van der Waals surface area contributed by atoms with Crippen LogP contribution in [0.1, 0.15) is 5.56 Å². The van der Waals surface area contributed by atoms with Crippen LogP contribution in [-0.4, -0.2) is 52.2 Å². The number of aliphatic hydroxyl groups is 1. The van der Waals surface area contributed by atoms with E-state index >= 15 is 0 Å². The van der Waals surface area contributed by atoms with Gasteiger partial charge in [-0.15, -0.1) is 0 Å². The number of hydrogen-bond donors (Lipinski definition) is 2. The number of methoxy groups -OCH3 is 3. The van der Waals surface area contributed by atoms with E-state index in [1.807, 2.05) is 42.5 Å². The van der Waals surface area contributed by atoms with Gasteiger partial charge in [0.1, 0.15) is 12.7 Å². The zero-order valence-corrected chi connectivity index (χ0v) is 15.5. The Bertz CT molecular complexity index is 677. The fraction of sp³-hybridized carbons (Fsp3) is 0.400. The first kappa shape index (κ1) is 19.9. The molecule has 0 fully saturated rings. The van der Waals surface area contributed by atoms with Gasteiger partial charge in [-0.3, -0.25) is 0 Å². The van der Waals surface area contributed by atoms with Crippen molar-refractivity contribution in [2.24, 2.45) is 0 Å². The van der Waals surface area contributed by atoms with E-state index in [4.69, 9.17) is 18.9 Å². The Kier molecular flexibility index (Phi) is 8.05. The first-order chi connectivity index (χ1) is 12.7. The average Bonchev–Trinajstić information content (AvgIpc) is 2.69. The maximum atomic E-state index is 10.1. The molecule has 6 heteroatoms. The molecule has 2 aromatic carbocycles. The van der Waals surface area contributed by atoms with Gasteiger partial charge < -0.3 is 29.4 Å². The van der Waals surface area contributed by atoms with Gasteiger partial charge in [-0.1, -0.05) is 18.2 Å². The topological polar surface area (TPSA) is 69.2 Å². The second-order valence-electron chi connectivity index (χ2n) is 5.76. The van der Waals surface area contributed by atoms with Crippen molar-refractivity contribution in [2.45, 2.75) is 12.5 Å². The van der Waals surface area contributed by atoms with Crippen LogP contribution in [0.2, 0.25) is 0 Å². The van der Waals surface area contributed by atoms with E-state index in [1.165, 1.54) is 0 Å². The summed E-state index contributed by atoms with van der Waals surface area (Å²) in [5.74, 6) is 2.71. The molecule has 0 heterocycles. The van der Waals surface area contributed by atoms with E-state index in [2.05, 4.69) is 5.32 Å². The maximum Gasteiger partial charge on any atom is 0.161 e. The van der Waals surface area contributed by atoms with E-state index in [0.717, 1.165) is 24.3 Å². The Balaban J connectivity index is 1.71. The molecule has 1 atom stereocenters. The molecule has 0 bridgehead atoms. The van der Waals surface area contributed by atoms with Crippen molar-refractivity contribution in [3.63, 3.8) is 0 Å². The van der Waals surface area contributed by atoms with Crippen molar-refractivity contribution in [1.29, 1.82) is 0 Å². The van der Waals surface area contributed by atoms with Crippen molar-refractivity contribution >= 4 is 0 Å². The highest BCUT2D eigenvalue weighted by Gasteiger charge is 2.08. The summed E-state index contributed by atoms with van der Waals surface area (Å²) in [4.78, 5) is 0. The lowest BCUT2D eigenvalue weighted by Crippen LogP contribution is -2.32. The highest BCUT2D eigenvalue weighted by molar-refractivity contribution is 5.43. The van der Waals surface area contributed by atoms with Crippen LogP contribution >= 0.6 is 0 Å². The number of ether oxygens (including phenoxy) is 4.